The first-order valence-electron chi connectivity index (χ1n) is 14.3. The van der Waals surface area contributed by atoms with Gasteiger partial charge in [-0.25, -0.2) is 9.59 Å². The Balaban J connectivity index is 0.000000376. The van der Waals surface area contributed by atoms with E-state index in [0.717, 1.165) is 35.2 Å². The molecule has 0 saturated carbocycles. The predicted octanol–water partition coefficient (Wildman–Crippen LogP) is 5.17. The molecular formula is C32H34F6N3O7+. The third kappa shape index (κ3) is 11.8. The van der Waals surface area contributed by atoms with Crippen molar-refractivity contribution in [2.24, 2.45) is 0 Å². The van der Waals surface area contributed by atoms with E-state index in [1.54, 1.807) is 18.2 Å². The van der Waals surface area contributed by atoms with Crippen molar-refractivity contribution in [3.05, 3.63) is 83.4 Å². The maximum atomic E-state index is 12.6. The van der Waals surface area contributed by atoms with Gasteiger partial charge in [-0.15, -0.1) is 0 Å². The topological polar surface area (TPSA) is 125 Å². The lowest BCUT2D eigenvalue weighted by atomic mass is 10.0. The van der Waals surface area contributed by atoms with Gasteiger partial charge < -0.3 is 29.5 Å². The van der Waals surface area contributed by atoms with Gasteiger partial charge in [-0.1, -0.05) is 36.4 Å². The Morgan fingerprint density at radius 3 is 1.81 bits per heavy atom. The highest BCUT2D eigenvalue weighted by atomic mass is 19.4. The van der Waals surface area contributed by atoms with Crippen LogP contribution in [0, 0.1) is 0 Å². The van der Waals surface area contributed by atoms with E-state index in [1.807, 2.05) is 6.07 Å². The van der Waals surface area contributed by atoms with Crippen LogP contribution in [0.4, 0.5) is 26.3 Å². The number of hydrogen-bond donors (Lipinski definition) is 3. The summed E-state index contributed by atoms with van der Waals surface area (Å²) in [6.07, 6.45) is -10.2. The summed E-state index contributed by atoms with van der Waals surface area (Å²) in [6.45, 7) is 6.30. The SMILES string of the molecule is C[N+]1(C)CCN(Cc2cccc(-c3cccc(CNC(=O)c4ccc5c(c4)OCO5)c3)c2)CC1.O=C(O)C(F)(F)F.O=C(O)C(F)(F)F. The second kappa shape index (κ2) is 15.8. The van der Waals surface area contributed by atoms with Crippen molar-refractivity contribution in [2.45, 2.75) is 25.4 Å². The number of carboxylic acids is 2. The fourth-order valence-electron chi connectivity index (χ4n) is 4.50. The first kappa shape index (κ1) is 37.6. The van der Waals surface area contributed by atoms with Crippen LogP contribution < -0.4 is 14.8 Å². The molecule has 1 saturated heterocycles. The fourth-order valence-corrected chi connectivity index (χ4v) is 4.50. The van der Waals surface area contributed by atoms with Crippen LogP contribution in [0.3, 0.4) is 0 Å². The second-order valence-corrected chi connectivity index (χ2v) is 11.4. The number of likely N-dealkylation sites (N-methyl/N-ethyl adjacent to an activating group) is 1. The number of nitrogens with zero attached hydrogens (tertiary/aromatic N) is 2. The quantitative estimate of drug-likeness (QED) is 0.240. The van der Waals surface area contributed by atoms with Crippen molar-refractivity contribution in [3.63, 3.8) is 0 Å². The van der Waals surface area contributed by atoms with Crippen LogP contribution in [-0.2, 0) is 22.7 Å². The molecule has 10 nitrogen and oxygen atoms in total. The zero-order valence-electron chi connectivity index (χ0n) is 25.9. The van der Waals surface area contributed by atoms with E-state index < -0.39 is 24.3 Å². The Morgan fingerprint density at radius 2 is 1.27 bits per heavy atom. The van der Waals surface area contributed by atoms with E-state index in [4.69, 9.17) is 29.3 Å². The number of carbonyl (C=O) groups is 3. The molecule has 0 unspecified atom stereocenters. The lowest BCUT2D eigenvalue weighted by Crippen LogP contribution is -2.54. The largest absolute Gasteiger partial charge is 0.490 e. The summed E-state index contributed by atoms with van der Waals surface area (Å²) >= 11 is 0. The average Bonchev–Trinajstić information content (AvgIpc) is 3.49. The molecule has 3 N–H and O–H groups in total. The standard InChI is InChI=1S/C28H31N3O3.2C2HF3O2/c1-31(2)13-11-30(12-14-31)19-22-6-4-8-24(16-22)23-7-3-5-21(15-23)18-29-28(32)25-9-10-26-27(17-25)34-20-33-26;2*3-2(4,5)1(6)7/h3-10,15-17H,11-14,18-20H2,1-2H3;2*(H,6,7)/p+1. The van der Waals surface area contributed by atoms with Crippen LogP contribution >= 0.6 is 0 Å². The zero-order valence-corrected chi connectivity index (χ0v) is 25.9. The summed E-state index contributed by atoms with van der Waals surface area (Å²) in [4.78, 5) is 33.0. The third-order valence-electron chi connectivity index (χ3n) is 7.21. The van der Waals surface area contributed by atoms with Crippen molar-refractivity contribution >= 4 is 17.8 Å². The number of amides is 1. The van der Waals surface area contributed by atoms with E-state index in [1.165, 1.54) is 24.2 Å². The van der Waals surface area contributed by atoms with Crippen LogP contribution in [0.2, 0.25) is 0 Å². The molecule has 16 heteroatoms. The van der Waals surface area contributed by atoms with E-state index in [-0.39, 0.29) is 12.7 Å². The van der Waals surface area contributed by atoms with Crippen molar-refractivity contribution in [1.82, 2.24) is 10.2 Å². The number of nitrogens with one attached hydrogen (secondary N) is 1. The maximum Gasteiger partial charge on any atom is 0.490 e. The number of carboxylic acid groups (broad SMARTS) is 2. The summed E-state index contributed by atoms with van der Waals surface area (Å²) < 4.78 is 75.3. The molecule has 0 bridgehead atoms. The molecule has 260 valence electrons. The number of alkyl halides is 6. The number of quaternary nitrogens is 1. The van der Waals surface area contributed by atoms with Crippen molar-refractivity contribution in [3.8, 4) is 22.6 Å². The minimum atomic E-state index is -5.08. The molecule has 2 aliphatic heterocycles. The van der Waals surface area contributed by atoms with Crippen molar-refractivity contribution in [1.29, 1.82) is 0 Å². The predicted molar refractivity (Wildman–Crippen MR) is 160 cm³/mol. The monoisotopic (exact) mass is 686 g/mol. The molecule has 3 aromatic carbocycles. The molecule has 0 radical (unpaired) electrons. The molecule has 2 aliphatic rings. The van der Waals surface area contributed by atoms with Gasteiger partial charge in [0, 0.05) is 31.7 Å². The van der Waals surface area contributed by atoms with Gasteiger partial charge in [-0.3, -0.25) is 9.69 Å². The normalized spacial score (nSPS) is 15.2. The lowest BCUT2D eigenvalue weighted by Gasteiger charge is -2.39. The molecule has 48 heavy (non-hydrogen) atoms. The number of ether oxygens (including phenoxy) is 2. The number of piperazine rings is 1. The first-order valence-corrected chi connectivity index (χ1v) is 14.3. The van der Waals surface area contributed by atoms with Crippen LogP contribution in [-0.4, -0.2) is 96.9 Å². The molecule has 0 aliphatic carbocycles. The number of rotatable bonds is 6. The zero-order chi connectivity index (χ0) is 35.7. The molecule has 0 spiro atoms. The highest BCUT2D eigenvalue weighted by molar-refractivity contribution is 5.94. The van der Waals surface area contributed by atoms with Gasteiger partial charge >= 0.3 is 24.3 Å². The van der Waals surface area contributed by atoms with Gasteiger partial charge in [0.1, 0.15) is 0 Å². The molecule has 0 atom stereocenters. The second-order valence-electron chi connectivity index (χ2n) is 11.4. The van der Waals surface area contributed by atoms with Gasteiger partial charge in [0.2, 0.25) is 6.79 Å². The molecule has 2 heterocycles. The molecule has 5 rings (SSSR count). The maximum absolute atomic E-state index is 12.6. The Kier molecular flexibility index (Phi) is 12.4. The Hall–Kier alpha value is -4.83. The Morgan fingerprint density at radius 1 is 0.771 bits per heavy atom. The minimum absolute atomic E-state index is 0.131. The Labute approximate surface area is 271 Å². The number of hydrogen-bond acceptors (Lipinski definition) is 6. The number of aliphatic carboxylic acids is 2. The van der Waals surface area contributed by atoms with E-state index >= 15 is 0 Å². The van der Waals surface area contributed by atoms with Gasteiger partial charge in [-0.2, -0.15) is 26.3 Å². The third-order valence-corrected chi connectivity index (χ3v) is 7.21. The van der Waals surface area contributed by atoms with Gasteiger partial charge in [0.05, 0.1) is 27.2 Å². The molecular weight excluding hydrogens is 652 g/mol. The fraction of sp³-hybridized carbons (Fsp3) is 0.344. The number of carbonyl (C=O) groups excluding carboxylic acids is 1. The lowest BCUT2D eigenvalue weighted by molar-refractivity contribution is -0.894. The van der Waals surface area contributed by atoms with Crippen LogP contribution in [0.25, 0.3) is 11.1 Å². The van der Waals surface area contributed by atoms with Gasteiger partial charge in [0.15, 0.2) is 11.5 Å². The highest BCUT2D eigenvalue weighted by Gasteiger charge is 2.39. The number of fused-ring (bicyclic) bond motifs is 1. The van der Waals surface area contributed by atoms with Crippen molar-refractivity contribution < 1.29 is 64.9 Å². The highest BCUT2D eigenvalue weighted by Crippen LogP contribution is 2.32. The van der Waals surface area contributed by atoms with Gasteiger partial charge in [-0.05, 0) is 52.6 Å². The van der Waals surface area contributed by atoms with Crippen molar-refractivity contribution in [2.75, 3.05) is 47.1 Å². The molecule has 1 amide bonds. The summed E-state index contributed by atoms with van der Waals surface area (Å²) in [5.41, 5.74) is 5.33. The summed E-state index contributed by atoms with van der Waals surface area (Å²) in [5, 5.41) is 17.3. The summed E-state index contributed by atoms with van der Waals surface area (Å²) in [6, 6.07) is 22.4. The van der Waals surface area contributed by atoms with Crippen LogP contribution in [0.5, 0.6) is 11.5 Å². The number of benzene rings is 3. The Bertz CT molecular complexity index is 1560. The molecule has 1 fully saturated rings. The summed E-state index contributed by atoms with van der Waals surface area (Å²) in [5.74, 6) is -4.36. The van der Waals surface area contributed by atoms with E-state index in [0.29, 0.717) is 23.6 Å². The van der Waals surface area contributed by atoms with E-state index in [2.05, 4.69) is 66.8 Å². The van der Waals surface area contributed by atoms with Crippen LogP contribution in [0.15, 0.2) is 66.7 Å². The molecule has 0 aromatic heterocycles. The van der Waals surface area contributed by atoms with E-state index in [9.17, 15) is 31.1 Å². The average molecular weight is 687 g/mol. The smallest absolute Gasteiger partial charge is 0.475 e. The summed E-state index contributed by atoms with van der Waals surface area (Å²) in [7, 11) is 4.62. The van der Waals surface area contributed by atoms with Crippen LogP contribution in [0.1, 0.15) is 21.5 Å². The molecule has 3 aromatic rings. The first-order chi connectivity index (χ1) is 22.3. The van der Waals surface area contributed by atoms with Gasteiger partial charge in [0.25, 0.3) is 5.91 Å². The number of halogens is 6. The minimum Gasteiger partial charge on any atom is -0.475 e.